The third kappa shape index (κ3) is 2.04. The fourth-order valence-corrected chi connectivity index (χ4v) is 1.57. The van der Waals surface area contributed by atoms with E-state index in [2.05, 4.69) is 16.8 Å². The van der Waals surface area contributed by atoms with Crippen molar-refractivity contribution in [2.45, 2.75) is 0 Å². The van der Waals surface area contributed by atoms with Crippen LogP contribution in [0.15, 0.2) is 59.0 Å². The highest BCUT2D eigenvalue weighted by atomic mass is 16.3. The summed E-state index contributed by atoms with van der Waals surface area (Å²) in [4.78, 5) is 4.29. The Kier molecular flexibility index (Phi) is 2.36. The number of fused-ring (bicyclic) bond motifs is 1. The topological polar surface area (TPSA) is 26.0 Å². The first-order valence-electron chi connectivity index (χ1n) is 5.34. The minimum Gasteiger partial charge on any atom is -0.430 e. The lowest BCUT2D eigenvalue weighted by Gasteiger charge is -1.84. The molecule has 1 heterocycles. The molecule has 0 saturated heterocycles. The quantitative estimate of drug-likeness (QED) is 0.542. The Bertz CT molecular complexity index is 669. The fourth-order valence-electron chi connectivity index (χ4n) is 1.57. The summed E-state index contributed by atoms with van der Waals surface area (Å²) < 4.78 is 5.51. The number of oxazole rings is 1. The van der Waals surface area contributed by atoms with Crippen molar-refractivity contribution in [3.63, 3.8) is 0 Å². The Morgan fingerprint density at radius 3 is 2.41 bits per heavy atom. The molecule has 3 rings (SSSR count). The molecule has 0 saturated carbocycles. The third-order valence-electron chi connectivity index (χ3n) is 2.38. The summed E-state index contributed by atoms with van der Waals surface area (Å²) in [6.07, 6.45) is 0. The lowest BCUT2D eigenvalue weighted by Crippen LogP contribution is -1.74. The van der Waals surface area contributed by atoms with E-state index < -0.39 is 0 Å². The van der Waals surface area contributed by atoms with Gasteiger partial charge in [-0.25, -0.2) is 4.98 Å². The van der Waals surface area contributed by atoms with Gasteiger partial charge in [0.05, 0.1) is 0 Å². The average molecular weight is 219 g/mol. The van der Waals surface area contributed by atoms with Crippen LogP contribution in [0.2, 0.25) is 0 Å². The molecule has 17 heavy (non-hydrogen) atoms. The molecule has 0 amide bonds. The maximum atomic E-state index is 5.51. The normalized spacial score (nSPS) is 9.88. The molecule has 0 aliphatic heterocycles. The minimum atomic E-state index is 0.454. The molecular formula is C15H9NO. The van der Waals surface area contributed by atoms with Gasteiger partial charge in [0.25, 0.3) is 5.89 Å². The number of benzene rings is 2. The van der Waals surface area contributed by atoms with Gasteiger partial charge in [-0.2, -0.15) is 0 Å². The van der Waals surface area contributed by atoms with E-state index in [1.54, 1.807) is 0 Å². The summed E-state index contributed by atoms with van der Waals surface area (Å²) in [6.45, 7) is 0. The first-order valence-corrected chi connectivity index (χ1v) is 5.34. The van der Waals surface area contributed by atoms with E-state index in [0.29, 0.717) is 5.89 Å². The van der Waals surface area contributed by atoms with E-state index in [0.717, 1.165) is 16.7 Å². The number of rotatable bonds is 0. The number of hydrogen-bond donors (Lipinski definition) is 0. The zero-order chi connectivity index (χ0) is 11.5. The molecule has 3 aromatic rings. The fraction of sp³-hybridized carbons (Fsp3) is 0. The maximum absolute atomic E-state index is 5.51. The standard InChI is InChI=1S/C15H9NO/c1-2-6-12(7-3-1)10-11-15-16-13-8-4-5-9-14(13)17-15/h1-9H. The van der Waals surface area contributed by atoms with Crippen LogP contribution >= 0.6 is 0 Å². The molecule has 0 bridgehead atoms. The highest BCUT2D eigenvalue weighted by molar-refractivity contribution is 5.72. The molecule has 2 nitrogen and oxygen atoms in total. The van der Waals surface area contributed by atoms with Gasteiger partial charge < -0.3 is 4.42 Å². The van der Waals surface area contributed by atoms with Gasteiger partial charge in [0.2, 0.25) is 0 Å². The van der Waals surface area contributed by atoms with Crippen molar-refractivity contribution in [3.8, 4) is 11.8 Å². The predicted octanol–water partition coefficient (Wildman–Crippen LogP) is 3.23. The van der Waals surface area contributed by atoms with Gasteiger partial charge in [-0.3, -0.25) is 0 Å². The first kappa shape index (κ1) is 9.68. The van der Waals surface area contributed by atoms with Crippen LogP contribution < -0.4 is 0 Å². The molecule has 0 N–H and O–H groups in total. The van der Waals surface area contributed by atoms with Crippen molar-refractivity contribution in [3.05, 3.63) is 66.1 Å². The van der Waals surface area contributed by atoms with Crippen molar-refractivity contribution >= 4 is 11.1 Å². The van der Waals surface area contributed by atoms with Crippen LogP contribution in [0.4, 0.5) is 0 Å². The van der Waals surface area contributed by atoms with Crippen molar-refractivity contribution < 1.29 is 4.42 Å². The second kappa shape index (κ2) is 4.15. The molecule has 0 radical (unpaired) electrons. The second-order valence-electron chi connectivity index (χ2n) is 3.60. The molecule has 1 aromatic heterocycles. The summed E-state index contributed by atoms with van der Waals surface area (Å²) in [6, 6.07) is 17.4. The van der Waals surface area contributed by atoms with Gasteiger partial charge in [0.15, 0.2) is 5.58 Å². The number of para-hydroxylation sites is 2. The van der Waals surface area contributed by atoms with E-state index in [9.17, 15) is 0 Å². The van der Waals surface area contributed by atoms with E-state index in [-0.39, 0.29) is 0 Å². The van der Waals surface area contributed by atoms with Crippen molar-refractivity contribution in [2.24, 2.45) is 0 Å². The summed E-state index contributed by atoms with van der Waals surface area (Å²) in [7, 11) is 0. The molecule has 0 aliphatic carbocycles. The van der Waals surface area contributed by atoms with Gasteiger partial charge >= 0.3 is 0 Å². The number of hydrogen-bond acceptors (Lipinski definition) is 2. The Morgan fingerprint density at radius 1 is 0.824 bits per heavy atom. The summed E-state index contributed by atoms with van der Waals surface area (Å²) in [5.41, 5.74) is 2.56. The molecule has 0 atom stereocenters. The van der Waals surface area contributed by atoms with Crippen LogP contribution in [0.3, 0.4) is 0 Å². The van der Waals surface area contributed by atoms with E-state index in [1.165, 1.54) is 0 Å². The lowest BCUT2D eigenvalue weighted by molar-refractivity contribution is 0.586. The van der Waals surface area contributed by atoms with Gasteiger partial charge in [0.1, 0.15) is 5.52 Å². The molecule has 2 heteroatoms. The van der Waals surface area contributed by atoms with Crippen molar-refractivity contribution in [2.75, 3.05) is 0 Å². The molecule has 0 fully saturated rings. The summed E-state index contributed by atoms with van der Waals surface area (Å²) in [5, 5.41) is 0. The lowest BCUT2D eigenvalue weighted by atomic mass is 10.2. The molecule has 0 aliphatic rings. The average Bonchev–Trinajstić information content (AvgIpc) is 2.80. The SMILES string of the molecule is C(#Cc1nc2ccccc2o1)c1ccccc1. The highest BCUT2D eigenvalue weighted by Crippen LogP contribution is 2.13. The van der Waals surface area contributed by atoms with Crippen LogP contribution in [-0.4, -0.2) is 4.98 Å². The van der Waals surface area contributed by atoms with Crippen molar-refractivity contribution in [1.29, 1.82) is 0 Å². The minimum absolute atomic E-state index is 0.454. The zero-order valence-corrected chi connectivity index (χ0v) is 9.05. The Hall–Kier alpha value is -2.53. The van der Waals surface area contributed by atoms with E-state index >= 15 is 0 Å². The van der Waals surface area contributed by atoms with Crippen LogP contribution in [0.1, 0.15) is 11.5 Å². The molecular weight excluding hydrogens is 210 g/mol. The highest BCUT2D eigenvalue weighted by Gasteiger charge is 2.00. The second-order valence-corrected chi connectivity index (χ2v) is 3.60. The number of aromatic nitrogens is 1. The summed E-state index contributed by atoms with van der Waals surface area (Å²) in [5.74, 6) is 6.39. The largest absolute Gasteiger partial charge is 0.430 e. The van der Waals surface area contributed by atoms with Crippen LogP contribution in [0, 0.1) is 11.8 Å². The zero-order valence-electron chi connectivity index (χ0n) is 9.05. The molecule has 2 aromatic carbocycles. The third-order valence-corrected chi connectivity index (χ3v) is 2.38. The van der Waals surface area contributed by atoms with Crippen LogP contribution in [0.5, 0.6) is 0 Å². The van der Waals surface area contributed by atoms with Gasteiger partial charge in [-0.15, -0.1) is 0 Å². The molecule has 80 valence electrons. The Morgan fingerprint density at radius 2 is 1.59 bits per heavy atom. The van der Waals surface area contributed by atoms with Crippen LogP contribution in [0.25, 0.3) is 11.1 Å². The van der Waals surface area contributed by atoms with Gasteiger partial charge in [-0.1, -0.05) is 36.3 Å². The smallest absolute Gasteiger partial charge is 0.274 e. The number of nitrogens with zero attached hydrogens (tertiary/aromatic N) is 1. The van der Waals surface area contributed by atoms with Gasteiger partial charge in [-0.05, 0) is 30.2 Å². The monoisotopic (exact) mass is 219 g/mol. The predicted molar refractivity (Wildman–Crippen MR) is 66.4 cm³/mol. The van der Waals surface area contributed by atoms with E-state index in [1.807, 2.05) is 54.6 Å². The van der Waals surface area contributed by atoms with Crippen LogP contribution in [-0.2, 0) is 0 Å². The van der Waals surface area contributed by atoms with E-state index in [4.69, 9.17) is 4.42 Å². The first-order chi connectivity index (χ1) is 8.42. The maximum Gasteiger partial charge on any atom is 0.274 e. The molecule has 0 spiro atoms. The Labute approximate surface area is 98.9 Å². The van der Waals surface area contributed by atoms with Crippen molar-refractivity contribution in [1.82, 2.24) is 4.98 Å². The van der Waals surface area contributed by atoms with Gasteiger partial charge in [0, 0.05) is 5.56 Å². The Balaban J connectivity index is 1.98. The molecule has 0 unspecified atom stereocenters. The summed E-state index contributed by atoms with van der Waals surface area (Å²) >= 11 is 0.